The van der Waals surface area contributed by atoms with Gasteiger partial charge < -0.3 is 15.2 Å². The smallest absolute Gasteiger partial charge is 0.456 e. The summed E-state index contributed by atoms with van der Waals surface area (Å²) in [6.07, 6.45) is -5.80. The van der Waals surface area contributed by atoms with Crippen molar-refractivity contribution in [2.45, 2.75) is 32.0 Å². The minimum absolute atomic E-state index is 0.110. The van der Waals surface area contributed by atoms with E-state index in [0.717, 1.165) is 6.42 Å². The van der Waals surface area contributed by atoms with Gasteiger partial charge in [-0.15, -0.1) is 0 Å². The first-order chi connectivity index (χ1) is 10.8. The number of halogens is 3. The van der Waals surface area contributed by atoms with Gasteiger partial charge in [0.1, 0.15) is 6.61 Å². The van der Waals surface area contributed by atoms with Crippen molar-refractivity contribution in [3.63, 3.8) is 0 Å². The van der Waals surface area contributed by atoms with E-state index in [1.54, 1.807) is 24.3 Å². The molecule has 0 heterocycles. The molecule has 0 fully saturated rings. The maximum absolute atomic E-state index is 12.0. The third-order valence-corrected chi connectivity index (χ3v) is 2.89. The topological polar surface area (TPSA) is 75.6 Å². The minimum atomic E-state index is -5.10. The average Bonchev–Trinajstić information content (AvgIpc) is 2.49. The first-order valence-corrected chi connectivity index (χ1v) is 7.03. The van der Waals surface area contributed by atoms with Crippen molar-refractivity contribution in [1.82, 2.24) is 5.32 Å². The molecule has 0 saturated carbocycles. The summed E-state index contributed by atoms with van der Waals surface area (Å²) < 4.78 is 40.0. The monoisotopic (exact) mass is 333 g/mol. The van der Waals surface area contributed by atoms with Crippen LogP contribution in [0.1, 0.15) is 29.3 Å². The number of nitrogens with one attached hydrogen (secondary N) is 1. The van der Waals surface area contributed by atoms with Gasteiger partial charge in [-0.05, 0) is 18.1 Å². The summed E-state index contributed by atoms with van der Waals surface area (Å²) in [4.78, 5) is 22.6. The molecule has 2 N–H and O–H groups in total. The first kappa shape index (κ1) is 19.0. The van der Waals surface area contributed by atoms with E-state index in [-0.39, 0.29) is 12.3 Å². The summed E-state index contributed by atoms with van der Waals surface area (Å²) in [5, 5.41) is 12.4. The van der Waals surface area contributed by atoms with Crippen LogP contribution in [-0.4, -0.2) is 42.4 Å². The van der Waals surface area contributed by atoms with Crippen molar-refractivity contribution < 1.29 is 32.6 Å². The normalized spacial score (nSPS) is 12.6. The number of rotatable bonds is 7. The third-order valence-electron chi connectivity index (χ3n) is 2.89. The van der Waals surface area contributed by atoms with Gasteiger partial charge in [-0.2, -0.15) is 13.2 Å². The van der Waals surface area contributed by atoms with Gasteiger partial charge in [-0.25, -0.2) is 4.79 Å². The third kappa shape index (κ3) is 6.27. The second kappa shape index (κ2) is 8.52. The number of benzene rings is 1. The average molecular weight is 333 g/mol. The Bertz CT molecular complexity index is 546. The van der Waals surface area contributed by atoms with Gasteiger partial charge in [0.2, 0.25) is 0 Å². The first-order valence-electron chi connectivity index (χ1n) is 7.03. The van der Waals surface area contributed by atoms with Crippen LogP contribution < -0.4 is 5.32 Å². The van der Waals surface area contributed by atoms with Gasteiger partial charge in [0.05, 0.1) is 6.10 Å². The van der Waals surface area contributed by atoms with E-state index in [0.29, 0.717) is 17.7 Å². The van der Waals surface area contributed by atoms with Crippen molar-refractivity contribution in [2.75, 3.05) is 13.2 Å². The van der Waals surface area contributed by atoms with Crippen molar-refractivity contribution in [2.24, 2.45) is 0 Å². The highest BCUT2D eigenvalue weighted by molar-refractivity contribution is 5.95. The van der Waals surface area contributed by atoms with E-state index in [1.165, 1.54) is 0 Å². The van der Waals surface area contributed by atoms with Crippen LogP contribution in [0, 0.1) is 0 Å². The number of hydrogen-bond acceptors (Lipinski definition) is 4. The zero-order valence-electron chi connectivity index (χ0n) is 12.5. The molecule has 1 aromatic carbocycles. The summed E-state index contributed by atoms with van der Waals surface area (Å²) in [5.74, 6) is -2.69. The molecule has 0 aromatic heterocycles. The van der Waals surface area contributed by atoms with Gasteiger partial charge in [0.25, 0.3) is 5.91 Å². The molecule has 5 nitrogen and oxygen atoms in total. The summed E-state index contributed by atoms with van der Waals surface area (Å²) in [7, 11) is 0. The predicted molar refractivity (Wildman–Crippen MR) is 75.8 cm³/mol. The van der Waals surface area contributed by atoms with Crippen LogP contribution in [0.3, 0.4) is 0 Å². The standard InChI is InChI=1S/C15H18F3NO4/c1-2-7-19-13(21)12-6-4-3-5-10(12)8-11(20)9-23-14(22)15(16,17)18/h3-6,11,20H,2,7-9H2,1H3,(H,19,21)/t11-/m1/s1. The van der Waals surface area contributed by atoms with E-state index in [4.69, 9.17) is 0 Å². The molecule has 1 atom stereocenters. The fraction of sp³-hybridized carbons (Fsp3) is 0.467. The Morgan fingerprint density at radius 1 is 1.30 bits per heavy atom. The molecule has 128 valence electrons. The SMILES string of the molecule is CCCNC(=O)c1ccccc1C[C@@H](O)COC(=O)C(F)(F)F. The van der Waals surface area contributed by atoms with Gasteiger partial charge in [0.15, 0.2) is 0 Å². The number of ether oxygens (including phenoxy) is 1. The Labute approximate surface area is 131 Å². The lowest BCUT2D eigenvalue weighted by molar-refractivity contribution is -0.201. The molecule has 0 aliphatic rings. The summed E-state index contributed by atoms with van der Waals surface area (Å²) in [5.41, 5.74) is 0.777. The molecular weight excluding hydrogens is 315 g/mol. The molecule has 1 aromatic rings. The Balaban J connectivity index is 2.66. The van der Waals surface area contributed by atoms with E-state index < -0.39 is 24.9 Å². The zero-order chi connectivity index (χ0) is 17.5. The molecule has 8 heteroatoms. The minimum Gasteiger partial charge on any atom is -0.456 e. The lowest BCUT2D eigenvalue weighted by Crippen LogP contribution is -2.30. The van der Waals surface area contributed by atoms with E-state index in [2.05, 4.69) is 10.1 Å². The lowest BCUT2D eigenvalue weighted by Gasteiger charge is -2.15. The van der Waals surface area contributed by atoms with Crippen LogP contribution in [0.5, 0.6) is 0 Å². The number of aliphatic hydroxyl groups excluding tert-OH is 1. The summed E-state index contributed by atoms with van der Waals surface area (Å²) >= 11 is 0. The van der Waals surface area contributed by atoms with Crippen LogP contribution in [0.25, 0.3) is 0 Å². The maximum atomic E-state index is 12.0. The number of aliphatic hydroxyl groups is 1. The molecule has 0 radical (unpaired) electrons. The summed E-state index contributed by atoms with van der Waals surface area (Å²) in [6, 6.07) is 6.41. The molecule has 0 aliphatic heterocycles. The molecule has 1 rings (SSSR count). The molecule has 1 amide bonds. The van der Waals surface area contributed by atoms with Crippen LogP contribution in [0.2, 0.25) is 0 Å². The number of hydrogen-bond donors (Lipinski definition) is 2. The highest BCUT2D eigenvalue weighted by Gasteiger charge is 2.41. The van der Waals surface area contributed by atoms with Crippen LogP contribution in [0.4, 0.5) is 13.2 Å². The second-order valence-corrected chi connectivity index (χ2v) is 4.87. The number of esters is 1. The molecule has 0 unspecified atom stereocenters. The van der Waals surface area contributed by atoms with Crippen molar-refractivity contribution in [3.05, 3.63) is 35.4 Å². The second-order valence-electron chi connectivity index (χ2n) is 4.87. The van der Waals surface area contributed by atoms with Crippen molar-refractivity contribution >= 4 is 11.9 Å². The van der Waals surface area contributed by atoms with Crippen LogP contribution in [0.15, 0.2) is 24.3 Å². The number of alkyl halides is 3. The van der Waals surface area contributed by atoms with E-state index >= 15 is 0 Å². The number of amides is 1. The van der Waals surface area contributed by atoms with Crippen molar-refractivity contribution in [3.8, 4) is 0 Å². The molecule has 0 saturated heterocycles. The largest absolute Gasteiger partial charge is 0.490 e. The number of carbonyl (C=O) groups is 2. The molecular formula is C15H18F3NO4. The van der Waals surface area contributed by atoms with Crippen LogP contribution in [-0.2, 0) is 16.0 Å². The fourth-order valence-corrected chi connectivity index (χ4v) is 1.82. The Kier molecular flexibility index (Phi) is 7.02. The fourth-order valence-electron chi connectivity index (χ4n) is 1.82. The quantitative estimate of drug-likeness (QED) is 0.747. The maximum Gasteiger partial charge on any atom is 0.490 e. The van der Waals surface area contributed by atoms with Gasteiger partial charge in [-0.1, -0.05) is 25.1 Å². The van der Waals surface area contributed by atoms with Crippen molar-refractivity contribution in [1.29, 1.82) is 0 Å². The van der Waals surface area contributed by atoms with Gasteiger partial charge in [0, 0.05) is 18.5 Å². The Morgan fingerprint density at radius 2 is 1.96 bits per heavy atom. The predicted octanol–water partition coefficient (Wildman–Crippen LogP) is 1.84. The van der Waals surface area contributed by atoms with E-state index in [1.807, 2.05) is 6.92 Å². The lowest BCUT2D eigenvalue weighted by atomic mass is 10.0. The van der Waals surface area contributed by atoms with Gasteiger partial charge in [-0.3, -0.25) is 4.79 Å². The highest BCUT2D eigenvalue weighted by atomic mass is 19.4. The Morgan fingerprint density at radius 3 is 2.57 bits per heavy atom. The number of carbonyl (C=O) groups excluding carboxylic acids is 2. The molecule has 23 heavy (non-hydrogen) atoms. The van der Waals surface area contributed by atoms with Gasteiger partial charge >= 0.3 is 12.1 Å². The van der Waals surface area contributed by atoms with Crippen LogP contribution >= 0.6 is 0 Å². The highest BCUT2D eigenvalue weighted by Crippen LogP contribution is 2.17. The zero-order valence-corrected chi connectivity index (χ0v) is 12.5. The molecule has 0 bridgehead atoms. The summed E-state index contributed by atoms with van der Waals surface area (Å²) in [6.45, 7) is 1.58. The molecule has 0 spiro atoms. The molecule has 0 aliphatic carbocycles. The Hall–Kier alpha value is -2.09. The van der Waals surface area contributed by atoms with E-state index in [9.17, 15) is 27.9 Å².